The molecule has 3 aromatic rings. The van der Waals surface area contributed by atoms with Gasteiger partial charge < -0.3 is 0 Å². The topological polar surface area (TPSA) is 148 Å². The number of H-pyrrole nitrogens is 1. The zero-order valence-electron chi connectivity index (χ0n) is 15.1. The molecule has 3 N–H and O–H groups in total. The van der Waals surface area contributed by atoms with Gasteiger partial charge in [0.1, 0.15) is 11.6 Å². The van der Waals surface area contributed by atoms with Crippen molar-refractivity contribution in [2.75, 3.05) is 5.43 Å². The molecule has 146 valence electrons. The molecule has 0 unspecified atom stereocenters. The molecule has 2 aromatic carbocycles. The Morgan fingerprint density at radius 2 is 1.97 bits per heavy atom. The Balaban J connectivity index is 1.91. The van der Waals surface area contributed by atoms with Gasteiger partial charge in [0.25, 0.3) is 15.7 Å². The minimum Gasteiger partial charge on any atom is -0.290 e. The van der Waals surface area contributed by atoms with Gasteiger partial charge in [0.05, 0.1) is 16.8 Å². The molecule has 3 rings (SSSR count). The molecule has 0 spiro atoms. The molecular formula is C19H15N5O4S. The smallest absolute Gasteiger partial charge is 0.290 e. The SMILES string of the molecule is Cc1ccc(C=NNc2nc(-c3ccccc3)c(C#N)c(=O)[nH]2)cc1S(=O)(=O)O. The summed E-state index contributed by atoms with van der Waals surface area (Å²) in [6.45, 7) is 1.55. The molecular weight excluding hydrogens is 394 g/mol. The van der Waals surface area contributed by atoms with Crippen LogP contribution in [0.5, 0.6) is 0 Å². The molecule has 0 aliphatic carbocycles. The summed E-state index contributed by atoms with van der Waals surface area (Å²) in [5.41, 5.74) is 3.40. The van der Waals surface area contributed by atoms with Crippen LogP contribution in [-0.4, -0.2) is 29.2 Å². The van der Waals surface area contributed by atoms with Crippen molar-refractivity contribution in [3.8, 4) is 17.3 Å². The van der Waals surface area contributed by atoms with Crippen molar-refractivity contribution in [2.45, 2.75) is 11.8 Å². The Morgan fingerprint density at radius 3 is 2.62 bits per heavy atom. The van der Waals surface area contributed by atoms with Gasteiger partial charge in [0.2, 0.25) is 5.95 Å². The van der Waals surface area contributed by atoms with Crippen LogP contribution in [0.3, 0.4) is 0 Å². The van der Waals surface area contributed by atoms with Gasteiger partial charge in [-0.15, -0.1) is 0 Å². The summed E-state index contributed by atoms with van der Waals surface area (Å²) in [7, 11) is -4.36. The third-order valence-corrected chi connectivity index (χ3v) is 4.95. The van der Waals surface area contributed by atoms with Crippen molar-refractivity contribution in [1.29, 1.82) is 5.26 Å². The molecule has 0 saturated heterocycles. The Bertz CT molecular complexity index is 1290. The number of aromatic nitrogens is 2. The quantitative estimate of drug-likeness (QED) is 0.332. The number of hydrogen-bond donors (Lipinski definition) is 3. The van der Waals surface area contributed by atoms with Crippen molar-refractivity contribution >= 4 is 22.3 Å². The van der Waals surface area contributed by atoms with Gasteiger partial charge in [-0.1, -0.05) is 42.5 Å². The predicted octanol–water partition coefficient (Wildman–Crippen LogP) is 2.31. The second kappa shape index (κ2) is 8.05. The summed E-state index contributed by atoms with van der Waals surface area (Å²) in [5.74, 6) is 0.00576. The van der Waals surface area contributed by atoms with Gasteiger partial charge in [-0.3, -0.25) is 14.3 Å². The largest absolute Gasteiger partial charge is 0.294 e. The Kier molecular flexibility index (Phi) is 5.54. The summed E-state index contributed by atoms with van der Waals surface area (Å²) in [6.07, 6.45) is 1.30. The van der Waals surface area contributed by atoms with Crippen LogP contribution in [0.1, 0.15) is 16.7 Å². The normalized spacial score (nSPS) is 11.3. The van der Waals surface area contributed by atoms with E-state index in [1.165, 1.54) is 18.3 Å². The number of nitrogens with one attached hydrogen (secondary N) is 2. The van der Waals surface area contributed by atoms with Crippen LogP contribution in [0.15, 0.2) is 63.3 Å². The lowest BCUT2D eigenvalue weighted by Crippen LogP contribution is -2.16. The Labute approximate surface area is 166 Å². The van der Waals surface area contributed by atoms with Gasteiger partial charge in [-0.2, -0.15) is 18.8 Å². The second-order valence-corrected chi connectivity index (χ2v) is 7.38. The van der Waals surface area contributed by atoms with E-state index in [1.807, 2.05) is 6.07 Å². The van der Waals surface area contributed by atoms with E-state index < -0.39 is 15.7 Å². The van der Waals surface area contributed by atoms with Crippen molar-refractivity contribution in [3.05, 3.63) is 75.6 Å². The van der Waals surface area contributed by atoms with E-state index in [0.717, 1.165) is 0 Å². The summed E-state index contributed by atoms with van der Waals surface area (Å²) in [5, 5.41) is 13.2. The van der Waals surface area contributed by atoms with Crippen LogP contribution in [-0.2, 0) is 10.1 Å². The molecule has 0 amide bonds. The molecule has 0 aliphatic heterocycles. The third-order valence-electron chi connectivity index (χ3n) is 3.95. The van der Waals surface area contributed by atoms with Gasteiger partial charge in [0, 0.05) is 5.56 Å². The molecule has 0 fully saturated rings. The summed E-state index contributed by atoms with van der Waals surface area (Å²) < 4.78 is 32.0. The lowest BCUT2D eigenvalue weighted by Gasteiger charge is -2.06. The van der Waals surface area contributed by atoms with Crippen molar-refractivity contribution in [2.24, 2.45) is 5.10 Å². The zero-order chi connectivity index (χ0) is 21.0. The first-order chi connectivity index (χ1) is 13.8. The summed E-state index contributed by atoms with van der Waals surface area (Å²) in [6, 6.07) is 15.0. The Morgan fingerprint density at radius 1 is 1.24 bits per heavy atom. The van der Waals surface area contributed by atoms with E-state index in [9.17, 15) is 23.0 Å². The van der Waals surface area contributed by atoms with E-state index >= 15 is 0 Å². The van der Waals surface area contributed by atoms with Crippen LogP contribution >= 0.6 is 0 Å². The van der Waals surface area contributed by atoms with E-state index in [1.54, 1.807) is 43.3 Å². The highest BCUT2D eigenvalue weighted by atomic mass is 32.2. The van der Waals surface area contributed by atoms with Crippen LogP contribution in [0.25, 0.3) is 11.3 Å². The fraction of sp³-hybridized carbons (Fsp3) is 0.0526. The molecule has 10 heteroatoms. The van der Waals surface area contributed by atoms with Crippen LogP contribution in [0.2, 0.25) is 0 Å². The minimum atomic E-state index is -4.36. The standard InChI is InChI=1S/C19H15N5O4S/c1-12-7-8-13(9-16(12)29(26,27)28)11-21-24-19-22-17(14-5-3-2-4-6-14)15(10-20)18(25)23-19/h2-9,11H,1H3,(H,26,27,28)(H2,22,23,24,25). The predicted molar refractivity (Wildman–Crippen MR) is 107 cm³/mol. The van der Waals surface area contributed by atoms with Gasteiger partial charge in [0.15, 0.2) is 0 Å². The van der Waals surface area contributed by atoms with Crippen LogP contribution in [0.4, 0.5) is 5.95 Å². The number of rotatable bonds is 5. The first kappa shape index (κ1) is 19.9. The number of anilines is 1. The van der Waals surface area contributed by atoms with E-state index in [4.69, 9.17) is 0 Å². The molecule has 9 nitrogen and oxygen atoms in total. The fourth-order valence-corrected chi connectivity index (χ4v) is 3.34. The highest BCUT2D eigenvalue weighted by molar-refractivity contribution is 7.85. The lowest BCUT2D eigenvalue weighted by molar-refractivity contribution is 0.482. The number of nitriles is 1. The number of benzene rings is 2. The van der Waals surface area contributed by atoms with E-state index in [-0.39, 0.29) is 22.1 Å². The van der Waals surface area contributed by atoms with Crippen LogP contribution < -0.4 is 11.0 Å². The maximum Gasteiger partial charge on any atom is 0.294 e. The molecule has 0 atom stereocenters. The van der Waals surface area contributed by atoms with Gasteiger partial charge in [-0.05, 0) is 24.1 Å². The van der Waals surface area contributed by atoms with E-state index in [2.05, 4.69) is 20.5 Å². The van der Waals surface area contributed by atoms with Gasteiger partial charge >= 0.3 is 0 Å². The number of nitrogens with zero attached hydrogens (tertiary/aromatic N) is 3. The molecule has 29 heavy (non-hydrogen) atoms. The first-order valence-electron chi connectivity index (χ1n) is 8.26. The van der Waals surface area contributed by atoms with Crippen molar-refractivity contribution in [3.63, 3.8) is 0 Å². The Hall–Kier alpha value is -3.81. The average molecular weight is 409 g/mol. The fourth-order valence-electron chi connectivity index (χ4n) is 2.58. The highest BCUT2D eigenvalue weighted by Gasteiger charge is 2.14. The van der Waals surface area contributed by atoms with Crippen molar-refractivity contribution in [1.82, 2.24) is 9.97 Å². The van der Waals surface area contributed by atoms with Gasteiger partial charge in [-0.25, -0.2) is 10.4 Å². The second-order valence-electron chi connectivity index (χ2n) is 5.99. The van der Waals surface area contributed by atoms with Crippen molar-refractivity contribution < 1.29 is 13.0 Å². The molecule has 1 heterocycles. The number of hydrazone groups is 1. The monoisotopic (exact) mass is 409 g/mol. The van der Waals surface area contributed by atoms with Crippen LogP contribution in [0, 0.1) is 18.3 Å². The zero-order valence-corrected chi connectivity index (χ0v) is 15.9. The first-order valence-corrected chi connectivity index (χ1v) is 9.70. The summed E-state index contributed by atoms with van der Waals surface area (Å²) >= 11 is 0. The lowest BCUT2D eigenvalue weighted by atomic mass is 10.1. The molecule has 0 bridgehead atoms. The minimum absolute atomic E-state index is 0.00576. The molecule has 0 radical (unpaired) electrons. The maximum absolute atomic E-state index is 12.2. The third kappa shape index (κ3) is 4.55. The number of hydrogen-bond acceptors (Lipinski definition) is 7. The molecule has 1 aromatic heterocycles. The summed E-state index contributed by atoms with van der Waals surface area (Å²) in [4.78, 5) is 18.6. The highest BCUT2D eigenvalue weighted by Crippen LogP contribution is 2.19. The van der Waals surface area contributed by atoms with E-state index in [0.29, 0.717) is 16.7 Å². The number of aromatic amines is 1. The molecule has 0 aliphatic rings. The maximum atomic E-state index is 12.2. The molecule has 0 saturated carbocycles. The average Bonchev–Trinajstić information content (AvgIpc) is 2.68. The number of aryl methyl sites for hydroxylation is 1.